The highest BCUT2D eigenvalue weighted by molar-refractivity contribution is 5.73. The summed E-state index contributed by atoms with van der Waals surface area (Å²) in [5.41, 5.74) is 1.18. The molecule has 1 aliphatic heterocycles. The fourth-order valence-electron chi connectivity index (χ4n) is 4.11. The molecule has 224 valence electrons. The van der Waals surface area contributed by atoms with Gasteiger partial charge < -0.3 is 40.0 Å². The molecule has 1 amide bonds. The molecule has 1 aliphatic rings. The van der Waals surface area contributed by atoms with Crippen LogP contribution in [0.15, 0.2) is 48.7 Å². The summed E-state index contributed by atoms with van der Waals surface area (Å²) in [4.78, 5) is 36.4. The highest BCUT2D eigenvalue weighted by Gasteiger charge is 2.21. The molecule has 1 fully saturated rings. The Labute approximate surface area is 244 Å². The summed E-state index contributed by atoms with van der Waals surface area (Å²) in [6, 6.07) is 12.2. The summed E-state index contributed by atoms with van der Waals surface area (Å²) in [5, 5.41) is 20.5. The zero-order valence-electron chi connectivity index (χ0n) is 24.3. The van der Waals surface area contributed by atoms with E-state index >= 15 is 0 Å². The van der Waals surface area contributed by atoms with Crippen LogP contribution < -0.4 is 30.3 Å². The number of benzene rings is 2. The Morgan fingerprint density at radius 1 is 1.10 bits per heavy atom. The maximum absolute atomic E-state index is 12.2. The van der Waals surface area contributed by atoms with Gasteiger partial charge in [0.25, 0.3) is 0 Å². The number of nitrogens with one attached hydrogen (secondary N) is 3. The van der Waals surface area contributed by atoms with Gasteiger partial charge in [-0.2, -0.15) is 4.98 Å². The zero-order valence-corrected chi connectivity index (χ0v) is 24.3. The fourth-order valence-corrected chi connectivity index (χ4v) is 4.11. The second-order valence-electron chi connectivity index (χ2n) is 10.7. The standard InChI is InChI=1S/C28H36N8O6/c1-28(2,3)33-27(37)42-21-8-6-7-19(15-21)30-25-23(36(38)39)17-29-26(32-25)31-22-10-9-20(16-24(22)41-18-40-5)35-13-11-34(4)12-14-35/h6-10,15-17H,11-14,18H2,1-5H3,(H,33,37)(H2,29,30,31,32). The third-order valence-corrected chi connectivity index (χ3v) is 6.16. The van der Waals surface area contributed by atoms with Crippen molar-refractivity contribution in [1.82, 2.24) is 20.2 Å². The SMILES string of the molecule is COCOc1cc(N2CCN(C)CC2)ccc1Nc1ncc([N+](=O)[O-])c(Nc2cccc(OC(=O)NC(C)(C)C)c2)n1. The summed E-state index contributed by atoms with van der Waals surface area (Å²) in [7, 11) is 3.63. The predicted octanol–water partition coefficient (Wildman–Crippen LogP) is 4.49. The molecule has 3 N–H and O–H groups in total. The molecule has 0 radical (unpaired) electrons. The van der Waals surface area contributed by atoms with Crippen LogP contribution in [0.3, 0.4) is 0 Å². The van der Waals surface area contributed by atoms with Crippen LogP contribution in [0.2, 0.25) is 0 Å². The molecular formula is C28H36N8O6. The number of amides is 1. The highest BCUT2D eigenvalue weighted by Crippen LogP contribution is 2.34. The molecule has 0 saturated carbocycles. The van der Waals surface area contributed by atoms with Crippen LogP contribution in [-0.4, -0.2) is 78.6 Å². The van der Waals surface area contributed by atoms with Crippen LogP contribution in [-0.2, 0) is 4.74 Å². The fraction of sp³-hybridized carbons (Fsp3) is 0.393. The number of anilines is 5. The molecule has 14 heteroatoms. The van der Waals surface area contributed by atoms with Gasteiger partial charge in [0.2, 0.25) is 11.8 Å². The lowest BCUT2D eigenvalue weighted by molar-refractivity contribution is -0.384. The molecular weight excluding hydrogens is 544 g/mol. The van der Waals surface area contributed by atoms with Gasteiger partial charge in [0, 0.05) is 62.3 Å². The van der Waals surface area contributed by atoms with Gasteiger partial charge in [-0.25, -0.2) is 9.78 Å². The van der Waals surface area contributed by atoms with Gasteiger partial charge in [-0.15, -0.1) is 0 Å². The van der Waals surface area contributed by atoms with E-state index in [1.165, 1.54) is 13.2 Å². The van der Waals surface area contributed by atoms with Gasteiger partial charge in [0.05, 0.1) is 10.6 Å². The first-order chi connectivity index (χ1) is 20.0. The first-order valence-corrected chi connectivity index (χ1v) is 13.4. The summed E-state index contributed by atoms with van der Waals surface area (Å²) >= 11 is 0. The summed E-state index contributed by atoms with van der Waals surface area (Å²) in [6.07, 6.45) is 0.493. The van der Waals surface area contributed by atoms with Gasteiger partial charge in [0.1, 0.15) is 17.7 Å². The number of ether oxygens (including phenoxy) is 3. The minimum Gasteiger partial charge on any atom is -0.465 e. The normalized spacial score (nSPS) is 13.8. The molecule has 2 heterocycles. The van der Waals surface area contributed by atoms with E-state index in [1.807, 2.05) is 39.0 Å². The van der Waals surface area contributed by atoms with E-state index in [2.05, 4.69) is 42.8 Å². The number of likely N-dealkylation sites (N-methyl/N-ethyl adjacent to an activating group) is 1. The molecule has 1 saturated heterocycles. The Hall–Kier alpha value is -4.69. The Kier molecular flexibility index (Phi) is 9.60. The summed E-state index contributed by atoms with van der Waals surface area (Å²) in [6.45, 7) is 9.23. The third kappa shape index (κ3) is 8.41. The number of carbonyl (C=O) groups excluding carboxylic acids is 1. The minimum atomic E-state index is -0.621. The molecule has 0 unspecified atom stereocenters. The molecule has 0 spiro atoms. The number of nitro groups is 1. The molecule has 42 heavy (non-hydrogen) atoms. The number of aromatic nitrogens is 2. The second kappa shape index (κ2) is 13.3. The number of piperazine rings is 1. The van der Waals surface area contributed by atoms with Crippen LogP contribution in [0, 0.1) is 10.1 Å². The molecule has 2 aromatic carbocycles. The Morgan fingerprint density at radius 2 is 1.86 bits per heavy atom. The molecule has 14 nitrogen and oxygen atoms in total. The lowest BCUT2D eigenvalue weighted by Crippen LogP contribution is -2.44. The van der Waals surface area contributed by atoms with E-state index in [1.54, 1.807) is 18.2 Å². The van der Waals surface area contributed by atoms with Crippen molar-refractivity contribution >= 4 is 40.6 Å². The lowest BCUT2D eigenvalue weighted by Gasteiger charge is -2.34. The number of hydrogen-bond acceptors (Lipinski definition) is 12. The van der Waals surface area contributed by atoms with Crippen LogP contribution in [0.1, 0.15) is 20.8 Å². The van der Waals surface area contributed by atoms with Crippen molar-refractivity contribution < 1.29 is 23.9 Å². The number of hydrogen-bond donors (Lipinski definition) is 3. The largest absolute Gasteiger partial charge is 0.465 e. The maximum Gasteiger partial charge on any atom is 0.413 e. The van der Waals surface area contributed by atoms with Gasteiger partial charge in [0.15, 0.2) is 6.79 Å². The van der Waals surface area contributed by atoms with E-state index in [4.69, 9.17) is 14.2 Å². The van der Waals surface area contributed by atoms with E-state index in [9.17, 15) is 14.9 Å². The van der Waals surface area contributed by atoms with Gasteiger partial charge in [-0.3, -0.25) is 10.1 Å². The molecule has 4 rings (SSSR count). The predicted molar refractivity (Wildman–Crippen MR) is 159 cm³/mol. The van der Waals surface area contributed by atoms with Crippen LogP contribution in [0.5, 0.6) is 11.5 Å². The lowest BCUT2D eigenvalue weighted by atomic mass is 10.1. The van der Waals surface area contributed by atoms with Crippen LogP contribution >= 0.6 is 0 Å². The number of rotatable bonds is 10. The topological polar surface area (TPSA) is 156 Å². The van der Waals surface area contributed by atoms with Crippen LogP contribution in [0.25, 0.3) is 0 Å². The van der Waals surface area contributed by atoms with E-state index in [0.29, 0.717) is 17.1 Å². The number of carbonyl (C=O) groups is 1. The molecule has 0 atom stereocenters. The minimum absolute atomic E-state index is 0.0288. The number of methoxy groups -OCH3 is 1. The van der Waals surface area contributed by atoms with Crippen molar-refractivity contribution in [3.63, 3.8) is 0 Å². The summed E-state index contributed by atoms with van der Waals surface area (Å²) < 4.78 is 16.3. The van der Waals surface area contributed by atoms with Crippen molar-refractivity contribution in [2.75, 3.05) is 62.7 Å². The zero-order chi connectivity index (χ0) is 30.3. The Morgan fingerprint density at radius 3 is 2.55 bits per heavy atom. The van der Waals surface area contributed by atoms with E-state index in [-0.39, 0.29) is 30.0 Å². The monoisotopic (exact) mass is 580 g/mol. The van der Waals surface area contributed by atoms with Crippen molar-refractivity contribution in [3.05, 3.63) is 58.8 Å². The first kappa shape index (κ1) is 30.3. The van der Waals surface area contributed by atoms with Crippen molar-refractivity contribution in [1.29, 1.82) is 0 Å². The van der Waals surface area contributed by atoms with Gasteiger partial charge in [-0.1, -0.05) is 6.07 Å². The van der Waals surface area contributed by atoms with E-state index in [0.717, 1.165) is 38.1 Å². The number of nitrogens with zero attached hydrogens (tertiary/aromatic N) is 5. The molecule has 0 bridgehead atoms. The van der Waals surface area contributed by atoms with Gasteiger partial charge >= 0.3 is 11.8 Å². The molecule has 1 aromatic heterocycles. The van der Waals surface area contributed by atoms with Gasteiger partial charge in [-0.05, 0) is 52.1 Å². The smallest absolute Gasteiger partial charge is 0.413 e. The maximum atomic E-state index is 12.2. The van der Waals surface area contributed by atoms with Crippen molar-refractivity contribution in [3.8, 4) is 11.5 Å². The second-order valence-corrected chi connectivity index (χ2v) is 10.7. The Bertz CT molecular complexity index is 1410. The summed E-state index contributed by atoms with van der Waals surface area (Å²) in [5.74, 6) is 0.817. The quantitative estimate of drug-likeness (QED) is 0.176. The third-order valence-electron chi connectivity index (χ3n) is 6.16. The molecule has 3 aromatic rings. The van der Waals surface area contributed by atoms with Crippen molar-refractivity contribution in [2.45, 2.75) is 26.3 Å². The van der Waals surface area contributed by atoms with E-state index < -0.39 is 16.6 Å². The van der Waals surface area contributed by atoms with Crippen LogP contribution in [0.4, 0.5) is 39.3 Å². The first-order valence-electron chi connectivity index (χ1n) is 13.4. The molecule has 0 aliphatic carbocycles. The highest BCUT2D eigenvalue weighted by atomic mass is 16.7. The van der Waals surface area contributed by atoms with Crippen molar-refractivity contribution in [2.24, 2.45) is 0 Å². The average Bonchev–Trinajstić information content (AvgIpc) is 2.92. The average molecular weight is 581 g/mol. The Balaban J connectivity index is 1.56.